The fraction of sp³-hybridized carbons (Fsp3) is 0.242. The molecule has 0 saturated carbocycles. The normalized spacial score (nSPS) is 14.8. The SMILES string of the molecule is CCOC(=O)C1=C(C)N=c2s/c(=C/c3cc(Cl)c(OCc4ccc(Cl)cc4)c(Cl)c3)c(=O)n2[C@H]1c1ccccc1OC(C)C. The monoisotopic (exact) mass is 670 g/mol. The first-order chi connectivity index (χ1) is 21.1. The Kier molecular flexibility index (Phi) is 9.85. The number of hydrogen-bond acceptors (Lipinski definition) is 7. The van der Waals surface area contributed by atoms with Gasteiger partial charge in [-0.1, -0.05) is 76.5 Å². The van der Waals surface area contributed by atoms with Crippen molar-refractivity contribution in [2.45, 2.75) is 46.4 Å². The van der Waals surface area contributed by atoms with Gasteiger partial charge >= 0.3 is 5.97 Å². The first kappa shape index (κ1) is 31.9. The lowest BCUT2D eigenvalue weighted by atomic mass is 9.95. The molecule has 1 aromatic heterocycles. The lowest BCUT2D eigenvalue weighted by Crippen LogP contribution is -2.40. The summed E-state index contributed by atoms with van der Waals surface area (Å²) in [6, 6.07) is 17.2. The maximum atomic E-state index is 14.1. The Morgan fingerprint density at radius 2 is 1.75 bits per heavy atom. The molecule has 0 fully saturated rings. The average Bonchev–Trinajstić information content (AvgIpc) is 3.26. The first-order valence-corrected chi connectivity index (χ1v) is 15.8. The maximum absolute atomic E-state index is 14.1. The highest BCUT2D eigenvalue weighted by atomic mass is 35.5. The number of nitrogens with zero attached hydrogens (tertiary/aromatic N) is 2. The number of fused-ring (bicyclic) bond motifs is 1. The minimum Gasteiger partial charge on any atom is -0.491 e. The van der Waals surface area contributed by atoms with E-state index < -0.39 is 12.0 Å². The van der Waals surface area contributed by atoms with Gasteiger partial charge in [-0.25, -0.2) is 9.79 Å². The van der Waals surface area contributed by atoms with E-state index in [0.29, 0.717) is 52.7 Å². The Morgan fingerprint density at radius 1 is 1.07 bits per heavy atom. The van der Waals surface area contributed by atoms with Crippen LogP contribution in [0.2, 0.25) is 15.1 Å². The minimum atomic E-state index is -0.807. The van der Waals surface area contributed by atoms with Crippen molar-refractivity contribution in [2.75, 3.05) is 6.61 Å². The van der Waals surface area contributed by atoms with Gasteiger partial charge in [0, 0.05) is 10.6 Å². The third-order valence-corrected chi connectivity index (χ3v) is 8.50. The summed E-state index contributed by atoms with van der Waals surface area (Å²) in [4.78, 5) is 32.4. The van der Waals surface area contributed by atoms with Crippen molar-refractivity contribution in [3.8, 4) is 11.5 Å². The molecule has 0 bridgehead atoms. The van der Waals surface area contributed by atoms with Gasteiger partial charge in [0.05, 0.1) is 38.6 Å². The van der Waals surface area contributed by atoms with Crippen LogP contribution < -0.4 is 24.4 Å². The van der Waals surface area contributed by atoms with E-state index in [1.165, 1.54) is 15.9 Å². The second-order valence-corrected chi connectivity index (χ2v) is 12.5. The summed E-state index contributed by atoms with van der Waals surface area (Å²) >= 11 is 20.3. The predicted molar refractivity (Wildman–Crippen MR) is 175 cm³/mol. The second-order valence-electron chi connectivity index (χ2n) is 10.2. The summed E-state index contributed by atoms with van der Waals surface area (Å²) < 4.78 is 19.3. The summed E-state index contributed by atoms with van der Waals surface area (Å²) in [5.74, 6) is 0.352. The van der Waals surface area contributed by atoms with Crippen LogP contribution in [0, 0.1) is 0 Å². The lowest BCUT2D eigenvalue weighted by Gasteiger charge is -2.26. The molecule has 1 atom stereocenters. The summed E-state index contributed by atoms with van der Waals surface area (Å²) in [5.41, 5.74) is 2.57. The summed E-state index contributed by atoms with van der Waals surface area (Å²) in [7, 11) is 0. The molecule has 1 aliphatic heterocycles. The zero-order chi connectivity index (χ0) is 31.5. The molecule has 0 N–H and O–H groups in total. The van der Waals surface area contributed by atoms with E-state index in [9.17, 15) is 9.59 Å². The molecule has 5 rings (SSSR count). The number of allylic oxidation sites excluding steroid dienone is 1. The third kappa shape index (κ3) is 6.74. The number of para-hydroxylation sites is 1. The van der Waals surface area contributed by atoms with E-state index in [1.54, 1.807) is 44.2 Å². The Hall–Kier alpha value is -3.56. The molecule has 228 valence electrons. The molecule has 0 saturated heterocycles. The van der Waals surface area contributed by atoms with Crippen molar-refractivity contribution in [2.24, 2.45) is 4.99 Å². The Balaban J connectivity index is 1.58. The minimum absolute atomic E-state index is 0.129. The number of esters is 1. The summed E-state index contributed by atoms with van der Waals surface area (Å²) in [6.07, 6.45) is 1.57. The van der Waals surface area contributed by atoms with Gasteiger partial charge in [0.1, 0.15) is 18.4 Å². The van der Waals surface area contributed by atoms with Crippen LogP contribution >= 0.6 is 46.1 Å². The van der Waals surface area contributed by atoms with Crippen LogP contribution in [0.15, 0.2) is 81.7 Å². The van der Waals surface area contributed by atoms with Crippen LogP contribution in [0.25, 0.3) is 6.08 Å². The van der Waals surface area contributed by atoms with E-state index in [0.717, 1.165) is 5.56 Å². The van der Waals surface area contributed by atoms with Gasteiger partial charge in [0.25, 0.3) is 5.56 Å². The predicted octanol–water partition coefficient (Wildman–Crippen LogP) is 7.12. The van der Waals surface area contributed by atoms with E-state index in [2.05, 4.69) is 4.99 Å². The van der Waals surface area contributed by atoms with Gasteiger partial charge < -0.3 is 14.2 Å². The molecule has 0 aliphatic carbocycles. The lowest BCUT2D eigenvalue weighted by molar-refractivity contribution is -0.139. The average molecular weight is 672 g/mol. The van der Waals surface area contributed by atoms with Gasteiger partial charge in [-0.2, -0.15) is 0 Å². The maximum Gasteiger partial charge on any atom is 0.338 e. The van der Waals surface area contributed by atoms with Gasteiger partial charge in [-0.05, 0) is 75.2 Å². The number of hydrogen-bond donors (Lipinski definition) is 0. The van der Waals surface area contributed by atoms with Crippen LogP contribution in [0.1, 0.15) is 50.4 Å². The highest BCUT2D eigenvalue weighted by Gasteiger charge is 2.35. The Morgan fingerprint density at radius 3 is 2.41 bits per heavy atom. The van der Waals surface area contributed by atoms with Crippen molar-refractivity contribution in [3.05, 3.63) is 123 Å². The smallest absolute Gasteiger partial charge is 0.338 e. The number of halogens is 3. The molecule has 2 heterocycles. The fourth-order valence-corrected chi connectivity index (χ4v) is 6.63. The molecule has 0 spiro atoms. The van der Waals surface area contributed by atoms with Crippen LogP contribution in [0.5, 0.6) is 11.5 Å². The fourth-order valence-electron chi connectivity index (χ4n) is 4.84. The quantitative estimate of drug-likeness (QED) is 0.177. The van der Waals surface area contributed by atoms with E-state index in [1.807, 2.05) is 50.2 Å². The molecule has 0 unspecified atom stereocenters. The molecule has 0 radical (unpaired) electrons. The molecular formula is C33H29Cl3N2O5S. The third-order valence-electron chi connectivity index (χ3n) is 6.71. The van der Waals surface area contributed by atoms with Crippen LogP contribution in [0.3, 0.4) is 0 Å². The van der Waals surface area contributed by atoms with Crippen LogP contribution in [-0.2, 0) is 16.1 Å². The molecule has 11 heteroatoms. The number of carbonyl (C=O) groups is 1. The number of thiazole rings is 1. The summed E-state index contributed by atoms with van der Waals surface area (Å²) in [6.45, 7) is 7.74. The molecular weight excluding hydrogens is 643 g/mol. The first-order valence-electron chi connectivity index (χ1n) is 13.9. The molecule has 7 nitrogen and oxygen atoms in total. The topological polar surface area (TPSA) is 79.1 Å². The summed E-state index contributed by atoms with van der Waals surface area (Å²) in [5, 5.41) is 1.22. The highest BCUT2D eigenvalue weighted by Crippen LogP contribution is 2.37. The molecule has 3 aromatic carbocycles. The number of ether oxygens (including phenoxy) is 3. The second kappa shape index (κ2) is 13.6. The van der Waals surface area contributed by atoms with E-state index in [4.69, 9.17) is 49.0 Å². The van der Waals surface area contributed by atoms with E-state index >= 15 is 0 Å². The molecule has 1 aliphatic rings. The number of carbonyl (C=O) groups excluding carboxylic acids is 1. The molecule has 0 amide bonds. The standard InChI is InChI=1S/C33H29Cl3N2O5S/c1-5-41-32(40)28-19(4)37-33-38(29(28)23-8-6-7-9-26(23)43-18(2)3)31(39)27(44-33)16-21-14-24(35)30(25(36)15-21)42-17-20-10-12-22(34)13-11-20/h6-16,18,29H,5,17H2,1-4H3/b27-16+/t29-/m0/s1. The number of rotatable bonds is 9. The number of benzene rings is 3. The van der Waals surface area contributed by atoms with Crippen molar-refractivity contribution < 1.29 is 19.0 Å². The van der Waals surface area contributed by atoms with Crippen molar-refractivity contribution in [1.29, 1.82) is 0 Å². The Bertz CT molecular complexity index is 1910. The van der Waals surface area contributed by atoms with Gasteiger partial charge in [-0.15, -0.1) is 0 Å². The van der Waals surface area contributed by atoms with Crippen molar-refractivity contribution in [3.63, 3.8) is 0 Å². The van der Waals surface area contributed by atoms with Crippen LogP contribution in [0.4, 0.5) is 0 Å². The van der Waals surface area contributed by atoms with E-state index in [-0.39, 0.29) is 30.5 Å². The Labute approximate surface area is 273 Å². The van der Waals surface area contributed by atoms with Gasteiger partial charge in [0.2, 0.25) is 0 Å². The zero-order valence-electron chi connectivity index (χ0n) is 24.4. The number of aromatic nitrogens is 1. The van der Waals surface area contributed by atoms with Crippen molar-refractivity contribution >= 4 is 58.2 Å². The van der Waals surface area contributed by atoms with Gasteiger partial charge in [0.15, 0.2) is 10.6 Å². The zero-order valence-corrected chi connectivity index (χ0v) is 27.5. The van der Waals surface area contributed by atoms with Crippen LogP contribution in [-0.4, -0.2) is 23.2 Å². The van der Waals surface area contributed by atoms with Gasteiger partial charge in [-0.3, -0.25) is 9.36 Å². The van der Waals surface area contributed by atoms with Crippen molar-refractivity contribution in [1.82, 2.24) is 4.57 Å². The highest BCUT2D eigenvalue weighted by molar-refractivity contribution is 7.07. The molecule has 44 heavy (non-hydrogen) atoms. The largest absolute Gasteiger partial charge is 0.491 e. The molecule has 4 aromatic rings.